The van der Waals surface area contributed by atoms with Gasteiger partial charge in [0.25, 0.3) is 0 Å². The predicted molar refractivity (Wildman–Crippen MR) is 74.4 cm³/mol. The fraction of sp³-hybridized carbons (Fsp3) is 0.500. The molecule has 0 amide bonds. The van der Waals surface area contributed by atoms with Crippen molar-refractivity contribution < 1.29 is 0 Å². The summed E-state index contributed by atoms with van der Waals surface area (Å²) in [6.45, 7) is 3.02. The molecule has 2 rings (SSSR count). The zero-order valence-corrected chi connectivity index (χ0v) is 11.0. The Balaban J connectivity index is 1.88. The van der Waals surface area contributed by atoms with Crippen LogP contribution in [0, 0.1) is 16.7 Å². The van der Waals surface area contributed by atoms with E-state index in [9.17, 15) is 0 Å². The van der Waals surface area contributed by atoms with E-state index in [0.717, 1.165) is 32.2 Å². The third-order valence-electron chi connectivity index (χ3n) is 3.87. The molecule has 1 saturated carbocycles. The molecule has 0 aromatic heterocycles. The van der Waals surface area contributed by atoms with Crippen molar-refractivity contribution >= 4 is 5.71 Å². The summed E-state index contributed by atoms with van der Waals surface area (Å²) in [6, 6.07) is 12.7. The number of hydrogen-bond acceptors (Lipinski definition) is 2. The minimum atomic E-state index is 0.223. The topological polar surface area (TPSA) is 36.1 Å². The number of rotatable bonds is 3. The number of nitriles is 1. The lowest BCUT2D eigenvalue weighted by atomic mass is 9.73. The van der Waals surface area contributed by atoms with Gasteiger partial charge in [0.1, 0.15) is 0 Å². The Morgan fingerprint density at radius 1 is 1.22 bits per heavy atom. The fourth-order valence-electron chi connectivity index (χ4n) is 2.45. The molecule has 2 heteroatoms. The van der Waals surface area contributed by atoms with Gasteiger partial charge in [0.15, 0.2) is 0 Å². The molecule has 0 atom stereocenters. The molecule has 0 unspecified atom stereocenters. The second kappa shape index (κ2) is 5.82. The maximum Gasteiger partial charge on any atom is 0.0639 e. The molecule has 0 bridgehead atoms. The number of nitrogens with zero attached hydrogens (tertiary/aromatic N) is 2. The summed E-state index contributed by atoms with van der Waals surface area (Å²) in [6.07, 6.45) is 5.01. The van der Waals surface area contributed by atoms with Gasteiger partial charge in [-0.3, -0.25) is 4.99 Å². The Hall–Kier alpha value is -1.62. The van der Waals surface area contributed by atoms with Crippen LogP contribution in [-0.4, -0.2) is 5.71 Å². The lowest BCUT2D eigenvalue weighted by Crippen LogP contribution is -2.24. The van der Waals surface area contributed by atoms with Gasteiger partial charge in [-0.15, -0.1) is 0 Å². The standard InChI is InChI=1S/C16H20N2/c1-16(11-12-17)9-7-15(8-10-16)18-13-14-5-3-2-4-6-14/h2-6H,7-11,13H2,1H3. The summed E-state index contributed by atoms with van der Waals surface area (Å²) in [4.78, 5) is 4.71. The number of hydrogen-bond donors (Lipinski definition) is 0. The van der Waals surface area contributed by atoms with Gasteiger partial charge in [-0.25, -0.2) is 0 Å². The summed E-state index contributed by atoms with van der Waals surface area (Å²) in [5, 5.41) is 8.82. The maximum atomic E-state index is 8.82. The quantitative estimate of drug-likeness (QED) is 0.782. The summed E-state index contributed by atoms with van der Waals surface area (Å²) in [5.74, 6) is 0. The first-order chi connectivity index (χ1) is 8.72. The van der Waals surface area contributed by atoms with Crippen molar-refractivity contribution in [3.8, 4) is 6.07 Å². The molecule has 0 radical (unpaired) electrons. The number of aliphatic imine (C=N–C) groups is 1. The van der Waals surface area contributed by atoms with Crippen LogP contribution < -0.4 is 0 Å². The summed E-state index contributed by atoms with van der Waals surface area (Å²) in [7, 11) is 0. The van der Waals surface area contributed by atoms with Crippen molar-refractivity contribution in [3.63, 3.8) is 0 Å². The Kier molecular flexibility index (Phi) is 4.15. The highest BCUT2D eigenvalue weighted by Crippen LogP contribution is 2.37. The molecular formula is C16H20N2. The van der Waals surface area contributed by atoms with Crippen LogP contribution in [0.2, 0.25) is 0 Å². The molecule has 0 aliphatic heterocycles. The van der Waals surface area contributed by atoms with Crippen molar-refractivity contribution in [3.05, 3.63) is 35.9 Å². The summed E-state index contributed by atoms with van der Waals surface area (Å²) < 4.78 is 0. The van der Waals surface area contributed by atoms with E-state index in [4.69, 9.17) is 10.3 Å². The van der Waals surface area contributed by atoms with Gasteiger partial charge >= 0.3 is 0 Å². The highest BCUT2D eigenvalue weighted by Gasteiger charge is 2.28. The van der Waals surface area contributed by atoms with Crippen LogP contribution in [0.5, 0.6) is 0 Å². The van der Waals surface area contributed by atoms with Gasteiger partial charge in [-0.05, 0) is 36.7 Å². The van der Waals surface area contributed by atoms with E-state index in [1.54, 1.807) is 0 Å². The van der Waals surface area contributed by atoms with E-state index >= 15 is 0 Å². The van der Waals surface area contributed by atoms with Crippen LogP contribution in [0.25, 0.3) is 0 Å². The second-order valence-electron chi connectivity index (χ2n) is 5.51. The lowest BCUT2D eigenvalue weighted by molar-refractivity contribution is 0.272. The highest BCUT2D eigenvalue weighted by molar-refractivity contribution is 5.85. The molecular weight excluding hydrogens is 220 g/mol. The third kappa shape index (κ3) is 3.43. The van der Waals surface area contributed by atoms with E-state index < -0.39 is 0 Å². The minimum absolute atomic E-state index is 0.223. The van der Waals surface area contributed by atoms with Crippen molar-refractivity contribution in [2.45, 2.75) is 45.6 Å². The molecule has 0 N–H and O–H groups in total. The normalized spacial score (nSPS) is 23.4. The third-order valence-corrected chi connectivity index (χ3v) is 3.87. The van der Waals surface area contributed by atoms with E-state index in [2.05, 4.69) is 37.3 Å². The van der Waals surface area contributed by atoms with E-state index in [-0.39, 0.29) is 5.41 Å². The molecule has 94 valence electrons. The Labute approximate surface area is 109 Å². The molecule has 1 aromatic rings. The van der Waals surface area contributed by atoms with Crippen molar-refractivity contribution in [2.24, 2.45) is 10.4 Å². The second-order valence-corrected chi connectivity index (χ2v) is 5.51. The Morgan fingerprint density at radius 3 is 2.50 bits per heavy atom. The van der Waals surface area contributed by atoms with Gasteiger partial charge in [0.05, 0.1) is 12.6 Å². The first-order valence-corrected chi connectivity index (χ1v) is 6.65. The van der Waals surface area contributed by atoms with Crippen LogP contribution in [0.15, 0.2) is 35.3 Å². The van der Waals surface area contributed by atoms with Gasteiger partial charge in [0.2, 0.25) is 0 Å². The average Bonchev–Trinajstić information content (AvgIpc) is 2.40. The number of benzene rings is 1. The van der Waals surface area contributed by atoms with Crippen LogP contribution in [-0.2, 0) is 6.54 Å². The van der Waals surface area contributed by atoms with Crippen LogP contribution in [0.1, 0.15) is 44.6 Å². The minimum Gasteiger partial charge on any atom is -0.289 e. The molecule has 0 heterocycles. The van der Waals surface area contributed by atoms with Gasteiger partial charge in [-0.1, -0.05) is 37.3 Å². The van der Waals surface area contributed by atoms with E-state index in [1.807, 2.05) is 6.07 Å². The largest absolute Gasteiger partial charge is 0.289 e. The molecule has 2 nitrogen and oxygen atoms in total. The van der Waals surface area contributed by atoms with Crippen LogP contribution in [0.3, 0.4) is 0 Å². The molecule has 0 saturated heterocycles. The average molecular weight is 240 g/mol. The molecule has 1 fully saturated rings. The van der Waals surface area contributed by atoms with Crippen LogP contribution >= 0.6 is 0 Å². The zero-order valence-electron chi connectivity index (χ0n) is 11.0. The first-order valence-electron chi connectivity index (χ1n) is 6.65. The molecule has 1 aromatic carbocycles. The smallest absolute Gasteiger partial charge is 0.0639 e. The van der Waals surface area contributed by atoms with E-state index in [0.29, 0.717) is 6.42 Å². The van der Waals surface area contributed by atoms with Crippen molar-refractivity contribution in [1.82, 2.24) is 0 Å². The molecule has 18 heavy (non-hydrogen) atoms. The first kappa shape index (κ1) is 12.8. The SMILES string of the molecule is CC1(CC#N)CCC(=NCc2ccccc2)CC1. The van der Waals surface area contributed by atoms with Crippen LogP contribution in [0.4, 0.5) is 0 Å². The maximum absolute atomic E-state index is 8.82. The summed E-state index contributed by atoms with van der Waals surface area (Å²) in [5.41, 5.74) is 2.82. The Bertz CT molecular complexity index is 444. The molecule has 1 aliphatic carbocycles. The van der Waals surface area contributed by atoms with E-state index in [1.165, 1.54) is 11.3 Å². The van der Waals surface area contributed by atoms with Crippen molar-refractivity contribution in [2.75, 3.05) is 0 Å². The van der Waals surface area contributed by atoms with Gasteiger partial charge < -0.3 is 0 Å². The van der Waals surface area contributed by atoms with Crippen molar-refractivity contribution in [1.29, 1.82) is 5.26 Å². The lowest BCUT2D eigenvalue weighted by Gasteiger charge is -2.32. The highest BCUT2D eigenvalue weighted by atomic mass is 14.7. The monoisotopic (exact) mass is 240 g/mol. The summed E-state index contributed by atoms with van der Waals surface area (Å²) >= 11 is 0. The molecule has 0 spiro atoms. The fourth-order valence-corrected chi connectivity index (χ4v) is 2.45. The van der Waals surface area contributed by atoms with Gasteiger partial charge in [-0.2, -0.15) is 5.26 Å². The molecule has 1 aliphatic rings. The zero-order chi connectivity index (χ0) is 12.8. The van der Waals surface area contributed by atoms with Gasteiger partial charge in [0, 0.05) is 12.1 Å². The predicted octanol–water partition coefficient (Wildman–Crippen LogP) is 4.12. The Morgan fingerprint density at radius 2 is 1.89 bits per heavy atom.